The zero-order chi connectivity index (χ0) is 25.8. The molecule has 0 saturated heterocycles. The summed E-state index contributed by atoms with van der Waals surface area (Å²) in [5.41, 5.74) is 0.889. The first-order chi connectivity index (χ1) is 16.6. The van der Waals surface area contributed by atoms with Crippen molar-refractivity contribution in [2.24, 2.45) is 0 Å². The third-order valence-electron chi connectivity index (χ3n) is 4.47. The zero-order valence-electron chi connectivity index (χ0n) is 21.2. The van der Waals surface area contributed by atoms with Gasteiger partial charge in [-0.15, -0.1) is 0 Å². The molecule has 10 nitrogen and oxygen atoms in total. The predicted octanol–water partition coefficient (Wildman–Crippen LogP) is 3.39. The lowest BCUT2D eigenvalue weighted by atomic mass is 10.2. The van der Waals surface area contributed by atoms with Crippen LogP contribution in [-0.4, -0.2) is 66.8 Å². The largest absolute Gasteiger partial charge is 0.497 e. The maximum atomic E-state index is 12.1. The van der Waals surface area contributed by atoms with Crippen LogP contribution in [0.3, 0.4) is 0 Å². The molecule has 3 N–H and O–H groups in total. The van der Waals surface area contributed by atoms with Gasteiger partial charge in [-0.05, 0) is 51.5 Å². The number of carbonyl (C=O) groups excluding carboxylic acids is 2. The van der Waals surface area contributed by atoms with Crippen LogP contribution in [0, 0.1) is 11.8 Å². The van der Waals surface area contributed by atoms with Crippen LogP contribution in [0.1, 0.15) is 39.2 Å². The van der Waals surface area contributed by atoms with E-state index in [1.165, 1.54) is 11.9 Å². The standard InChI is InChI=1S/C25H34N6O4/c1-25(2,3)35-24(33)31(5)17-21(32)27-15-9-7-8-10-18-16-28-23(26-4)30-22(18)29-19-11-13-20(34-6)14-12-19/h11-14,16H,7,9,15,17H2,1-6H3,(H,27,32)(H2,26,28,29,30). The first kappa shape index (κ1) is 27.2. The minimum atomic E-state index is -0.608. The van der Waals surface area contributed by atoms with E-state index in [4.69, 9.17) is 9.47 Å². The second-order valence-electron chi connectivity index (χ2n) is 8.65. The molecule has 0 radical (unpaired) electrons. The van der Waals surface area contributed by atoms with Crippen molar-refractivity contribution in [1.82, 2.24) is 20.2 Å². The van der Waals surface area contributed by atoms with Gasteiger partial charge in [0.25, 0.3) is 0 Å². The van der Waals surface area contributed by atoms with E-state index in [2.05, 4.69) is 37.8 Å². The number of unbranched alkanes of at least 4 members (excludes halogenated alkanes) is 1. The molecule has 35 heavy (non-hydrogen) atoms. The number of nitrogens with one attached hydrogen (secondary N) is 3. The molecule has 0 aliphatic rings. The molecule has 2 aromatic rings. The molecule has 1 aromatic heterocycles. The number of aromatic nitrogens is 2. The van der Waals surface area contributed by atoms with E-state index in [-0.39, 0.29) is 12.5 Å². The molecule has 2 amide bonds. The number of rotatable bonds is 9. The van der Waals surface area contributed by atoms with Crippen LogP contribution in [0.2, 0.25) is 0 Å². The van der Waals surface area contributed by atoms with E-state index >= 15 is 0 Å². The molecule has 0 unspecified atom stereocenters. The van der Waals surface area contributed by atoms with Gasteiger partial charge in [0, 0.05) is 32.7 Å². The van der Waals surface area contributed by atoms with Gasteiger partial charge in [-0.3, -0.25) is 4.79 Å². The fourth-order valence-corrected chi connectivity index (χ4v) is 2.74. The second-order valence-corrected chi connectivity index (χ2v) is 8.65. The Morgan fingerprint density at radius 2 is 1.89 bits per heavy atom. The molecule has 0 bridgehead atoms. The average molecular weight is 483 g/mol. The summed E-state index contributed by atoms with van der Waals surface area (Å²) in [6.07, 6.45) is 2.35. The van der Waals surface area contributed by atoms with Gasteiger partial charge in [-0.25, -0.2) is 9.78 Å². The Kier molecular flexibility index (Phi) is 10.1. The number of anilines is 3. The van der Waals surface area contributed by atoms with Crippen LogP contribution in [0.4, 0.5) is 22.2 Å². The highest BCUT2D eigenvalue weighted by molar-refractivity contribution is 5.82. The summed E-state index contributed by atoms with van der Waals surface area (Å²) in [6.45, 7) is 5.70. The van der Waals surface area contributed by atoms with Crippen molar-refractivity contribution in [3.05, 3.63) is 36.0 Å². The number of amides is 2. The van der Waals surface area contributed by atoms with Crippen LogP contribution in [0.5, 0.6) is 5.75 Å². The number of hydrogen-bond donors (Lipinski definition) is 3. The van der Waals surface area contributed by atoms with Crippen molar-refractivity contribution in [3.8, 4) is 17.6 Å². The summed E-state index contributed by atoms with van der Waals surface area (Å²) < 4.78 is 10.4. The summed E-state index contributed by atoms with van der Waals surface area (Å²) in [6, 6.07) is 7.49. The zero-order valence-corrected chi connectivity index (χ0v) is 21.2. The molecular formula is C25H34N6O4. The second kappa shape index (κ2) is 13.0. The molecule has 10 heteroatoms. The quantitative estimate of drug-likeness (QED) is 0.368. The molecule has 1 heterocycles. The van der Waals surface area contributed by atoms with E-state index < -0.39 is 11.7 Å². The minimum absolute atomic E-state index is 0.0733. The first-order valence-electron chi connectivity index (χ1n) is 11.3. The summed E-state index contributed by atoms with van der Waals surface area (Å²) in [4.78, 5) is 34.0. The Morgan fingerprint density at radius 1 is 1.17 bits per heavy atom. The van der Waals surface area contributed by atoms with E-state index in [1.807, 2.05) is 24.3 Å². The molecule has 0 aliphatic carbocycles. The number of nitrogens with zero attached hydrogens (tertiary/aromatic N) is 3. The van der Waals surface area contributed by atoms with Crippen LogP contribution >= 0.6 is 0 Å². The van der Waals surface area contributed by atoms with Crippen molar-refractivity contribution >= 4 is 29.5 Å². The van der Waals surface area contributed by atoms with Crippen molar-refractivity contribution in [3.63, 3.8) is 0 Å². The van der Waals surface area contributed by atoms with Gasteiger partial charge in [0.2, 0.25) is 11.9 Å². The van der Waals surface area contributed by atoms with Crippen LogP contribution < -0.4 is 20.7 Å². The van der Waals surface area contributed by atoms with Crippen molar-refractivity contribution in [1.29, 1.82) is 0 Å². The Labute approximate surface area is 206 Å². The van der Waals surface area contributed by atoms with Gasteiger partial charge in [-0.2, -0.15) is 4.98 Å². The number of hydrogen-bond acceptors (Lipinski definition) is 8. The highest BCUT2D eigenvalue weighted by Gasteiger charge is 2.20. The van der Waals surface area contributed by atoms with Gasteiger partial charge in [0.15, 0.2) is 5.82 Å². The molecule has 0 fully saturated rings. The Balaban J connectivity index is 1.86. The summed E-state index contributed by atoms with van der Waals surface area (Å²) in [5.74, 6) is 7.75. The van der Waals surface area contributed by atoms with E-state index in [9.17, 15) is 9.59 Å². The fourth-order valence-electron chi connectivity index (χ4n) is 2.74. The monoisotopic (exact) mass is 482 g/mol. The van der Waals surface area contributed by atoms with E-state index in [0.717, 1.165) is 11.4 Å². The number of likely N-dealkylation sites (N-methyl/N-ethyl adjacent to an activating group) is 1. The fraction of sp³-hybridized carbons (Fsp3) is 0.440. The Hall–Kier alpha value is -4.00. The lowest BCUT2D eigenvalue weighted by Gasteiger charge is -2.24. The van der Waals surface area contributed by atoms with Crippen LogP contribution in [-0.2, 0) is 9.53 Å². The normalized spacial score (nSPS) is 10.5. The molecule has 0 atom stereocenters. The third-order valence-corrected chi connectivity index (χ3v) is 4.47. The molecule has 1 aromatic carbocycles. The Bertz CT molecular complexity index is 1050. The summed E-state index contributed by atoms with van der Waals surface area (Å²) in [5, 5.41) is 8.97. The maximum absolute atomic E-state index is 12.1. The molecule has 0 saturated carbocycles. The highest BCUT2D eigenvalue weighted by Crippen LogP contribution is 2.21. The minimum Gasteiger partial charge on any atom is -0.497 e. The number of benzene rings is 1. The van der Waals surface area contributed by atoms with E-state index in [1.54, 1.807) is 41.1 Å². The van der Waals surface area contributed by atoms with Crippen molar-refractivity contribution in [2.75, 3.05) is 44.9 Å². The van der Waals surface area contributed by atoms with Gasteiger partial charge in [-0.1, -0.05) is 11.8 Å². The van der Waals surface area contributed by atoms with Gasteiger partial charge < -0.3 is 30.3 Å². The van der Waals surface area contributed by atoms with Gasteiger partial charge >= 0.3 is 6.09 Å². The van der Waals surface area contributed by atoms with Crippen LogP contribution in [0.15, 0.2) is 30.5 Å². The lowest BCUT2D eigenvalue weighted by molar-refractivity contribution is -0.122. The highest BCUT2D eigenvalue weighted by atomic mass is 16.6. The Morgan fingerprint density at radius 3 is 2.51 bits per heavy atom. The van der Waals surface area contributed by atoms with Gasteiger partial charge in [0.1, 0.15) is 17.9 Å². The molecular weight excluding hydrogens is 448 g/mol. The first-order valence-corrected chi connectivity index (χ1v) is 11.3. The van der Waals surface area contributed by atoms with E-state index in [0.29, 0.717) is 36.7 Å². The predicted molar refractivity (Wildman–Crippen MR) is 136 cm³/mol. The number of carbonyl (C=O) groups is 2. The molecule has 2 rings (SSSR count). The maximum Gasteiger partial charge on any atom is 0.410 e. The average Bonchev–Trinajstić information content (AvgIpc) is 2.81. The topological polar surface area (TPSA) is 118 Å². The number of ether oxygens (including phenoxy) is 2. The lowest BCUT2D eigenvalue weighted by Crippen LogP contribution is -2.41. The van der Waals surface area contributed by atoms with Gasteiger partial charge in [0.05, 0.1) is 18.9 Å². The summed E-state index contributed by atoms with van der Waals surface area (Å²) in [7, 11) is 4.89. The SMILES string of the molecule is CNc1ncc(C#CCCCNC(=O)CN(C)C(=O)OC(C)(C)C)c(Nc2ccc(OC)cc2)n1. The smallest absolute Gasteiger partial charge is 0.410 e. The molecule has 0 spiro atoms. The summed E-state index contributed by atoms with van der Waals surface area (Å²) >= 11 is 0. The molecule has 0 aliphatic heterocycles. The number of methoxy groups -OCH3 is 1. The van der Waals surface area contributed by atoms with Crippen molar-refractivity contribution in [2.45, 2.75) is 39.2 Å². The van der Waals surface area contributed by atoms with Crippen LogP contribution in [0.25, 0.3) is 0 Å². The third kappa shape index (κ3) is 9.80. The molecule has 188 valence electrons. The van der Waals surface area contributed by atoms with Crippen molar-refractivity contribution < 1.29 is 19.1 Å².